The summed E-state index contributed by atoms with van der Waals surface area (Å²) in [6.07, 6.45) is -4.63. The van der Waals surface area contributed by atoms with Gasteiger partial charge in [-0.05, 0) is 48.4 Å². The van der Waals surface area contributed by atoms with Crippen LogP contribution in [0.3, 0.4) is 0 Å². The summed E-state index contributed by atoms with van der Waals surface area (Å²) in [7, 11) is 0. The highest BCUT2D eigenvalue weighted by Crippen LogP contribution is 2.33. The number of benzene rings is 3. The number of alkyl halides is 3. The van der Waals surface area contributed by atoms with Crippen molar-refractivity contribution in [1.29, 1.82) is 0 Å². The Morgan fingerprint density at radius 2 is 1.53 bits per heavy atom. The average Bonchev–Trinajstić information content (AvgIpc) is 2.89. The molecule has 3 aromatic rings. The molecular weight excluding hydrogens is 471 g/mol. The van der Waals surface area contributed by atoms with Gasteiger partial charge in [-0.3, -0.25) is 14.5 Å². The van der Waals surface area contributed by atoms with E-state index in [0.717, 1.165) is 29.3 Å². The van der Waals surface area contributed by atoms with Crippen molar-refractivity contribution in [3.05, 3.63) is 83.9 Å². The van der Waals surface area contributed by atoms with Crippen LogP contribution >= 0.6 is 0 Å². The second-order valence-corrected chi connectivity index (χ2v) is 8.47. The van der Waals surface area contributed by atoms with E-state index in [2.05, 4.69) is 10.6 Å². The van der Waals surface area contributed by atoms with Crippen LogP contribution < -0.4 is 10.6 Å². The summed E-state index contributed by atoms with van der Waals surface area (Å²) < 4.78 is 45.4. The minimum Gasteiger partial charge on any atom is -0.379 e. The standard InChI is InChI=1S/C27H26F3N3O3/c1-18(33-13-15-36-16-14-33)25(34)32-24-17-21(27(28,29)30)9-12-23(24)26(35)31-22-10-7-20(8-11-22)19-5-3-2-4-6-19/h2-12,17-18H,13-16H2,1H3,(H,31,35)(H,32,34)/t18-/m0/s1. The first kappa shape index (κ1) is 25.4. The highest BCUT2D eigenvalue weighted by molar-refractivity contribution is 6.10. The van der Waals surface area contributed by atoms with Crippen molar-refractivity contribution in [2.75, 3.05) is 36.9 Å². The molecule has 1 heterocycles. The summed E-state index contributed by atoms with van der Waals surface area (Å²) in [6.45, 7) is 3.67. The predicted molar refractivity (Wildman–Crippen MR) is 132 cm³/mol. The zero-order valence-corrected chi connectivity index (χ0v) is 19.6. The van der Waals surface area contributed by atoms with Crippen molar-refractivity contribution in [2.45, 2.75) is 19.1 Å². The maximum atomic E-state index is 13.4. The number of carbonyl (C=O) groups excluding carboxylic acids is 2. The van der Waals surface area contributed by atoms with Crippen LogP contribution in [0, 0.1) is 0 Å². The summed E-state index contributed by atoms with van der Waals surface area (Å²) in [4.78, 5) is 27.8. The van der Waals surface area contributed by atoms with Crippen LogP contribution in [0.2, 0.25) is 0 Å². The average molecular weight is 498 g/mol. The fraction of sp³-hybridized carbons (Fsp3) is 0.259. The van der Waals surface area contributed by atoms with E-state index >= 15 is 0 Å². The second-order valence-electron chi connectivity index (χ2n) is 8.47. The summed E-state index contributed by atoms with van der Waals surface area (Å²) in [5.41, 5.74) is 1.20. The number of rotatable bonds is 6. The molecule has 1 aliphatic rings. The zero-order valence-electron chi connectivity index (χ0n) is 19.6. The fourth-order valence-electron chi connectivity index (χ4n) is 3.96. The molecule has 9 heteroatoms. The lowest BCUT2D eigenvalue weighted by Crippen LogP contribution is -2.47. The number of morpholine rings is 1. The van der Waals surface area contributed by atoms with Gasteiger partial charge in [-0.25, -0.2) is 0 Å². The molecule has 188 valence electrons. The molecule has 0 spiro atoms. The van der Waals surface area contributed by atoms with Gasteiger partial charge in [0.05, 0.1) is 36.1 Å². The van der Waals surface area contributed by atoms with Crippen LogP contribution in [-0.4, -0.2) is 49.1 Å². The lowest BCUT2D eigenvalue weighted by molar-refractivity contribution is -0.137. The molecule has 0 radical (unpaired) electrons. The van der Waals surface area contributed by atoms with Gasteiger partial charge in [-0.15, -0.1) is 0 Å². The highest BCUT2D eigenvalue weighted by atomic mass is 19.4. The van der Waals surface area contributed by atoms with Crippen LogP contribution in [0.4, 0.5) is 24.5 Å². The number of ether oxygens (including phenoxy) is 1. The second kappa shape index (κ2) is 10.9. The minimum atomic E-state index is -4.63. The van der Waals surface area contributed by atoms with Crippen LogP contribution in [0.15, 0.2) is 72.8 Å². The van der Waals surface area contributed by atoms with Crippen molar-refractivity contribution < 1.29 is 27.5 Å². The Balaban J connectivity index is 1.54. The first-order valence-corrected chi connectivity index (χ1v) is 11.5. The number of amides is 2. The molecule has 1 saturated heterocycles. The van der Waals surface area contributed by atoms with E-state index in [1.165, 1.54) is 0 Å². The van der Waals surface area contributed by atoms with Gasteiger partial charge < -0.3 is 15.4 Å². The number of hydrogen-bond acceptors (Lipinski definition) is 4. The van der Waals surface area contributed by atoms with Crippen molar-refractivity contribution >= 4 is 23.2 Å². The molecule has 0 aliphatic carbocycles. The molecule has 0 aromatic heterocycles. The summed E-state index contributed by atoms with van der Waals surface area (Å²) in [6, 6.07) is 18.9. The lowest BCUT2D eigenvalue weighted by Gasteiger charge is -2.31. The SMILES string of the molecule is C[C@@H](C(=O)Nc1cc(C(F)(F)F)ccc1C(=O)Nc1ccc(-c2ccccc2)cc1)N1CCOCC1. The zero-order chi connectivity index (χ0) is 25.7. The summed E-state index contributed by atoms with van der Waals surface area (Å²) in [5, 5.41) is 5.24. The Bertz CT molecular complexity index is 1210. The molecule has 36 heavy (non-hydrogen) atoms. The Morgan fingerprint density at radius 3 is 2.17 bits per heavy atom. The van der Waals surface area contributed by atoms with Crippen molar-refractivity contribution in [1.82, 2.24) is 4.90 Å². The fourth-order valence-corrected chi connectivity index (χ4v) is 3.96. The van der Waals surface area contributed by atoms with Crippen molar-refractivity contribution in [3.8, 4) is 11.1 Å². The Hall–Kier alpha value is -3.69. The molecule has 1 atom stereocenters. The predicted octanol–water partition coefficient (Wildman–Crippen LogP) is 5.28. The maximum absolute atomic E-state index is 13.4. The Kier molecular flexibility index (Phi) is 7.71. The topological polar surface area (TPSA) is 70.7 Å². The third kappa shape index (κ3) is 6.10. The molecule has 1 fully saturated rings. The van der Waals surface area contributed by atoms with E-state index in [1.54, 1.807) is 19.1 Å². The molecule has 0 unspecified atom stereocenters. The number of anilines is 2. The van der Waals surface area contributed by atoms with Crippen LogP contribution in [0.1, 0.15) is 22.8 Å². The molecule has 6 nitrogen and oxygen atoms in total. The molecule has 0 bridgehead atoms. The summed E-state index contributed by atoms with van der Waals surface area (Å²) in [5.74, 6) is -1.14. The van der Waals surface area contributed by atoms with Crippen molar-refractivity contribution in [2.24, 2.45) is 0 Å². The van der Waals surface area contributed by atoms with Gasteiger partial charge >= 0.3 is 6.18 Å². The Labute approximate surface area is 207 Å². The molecule has 1 aliphatic heterocycles. The van der Waals surface area contributed by atoms with E-state index in [-0.39, 0.29) is 11.3 Å². The quantitative estimate of drug-likeness (QED) is 0.486. The maximum Gasteiger partial charge on any atom is 0.416 e. The number of hydrogen-bond donors (Lipinski definition) is 2. The first-order valence-electron chi connectivity index (χ1n) is 11.5. The largest absolute Gasteiger partial charge is 0.416 e. The van der Waals surface area contributed by atoms with E-state index in [0.29, 0.717) is 32.0 Å². The number of carbonyl (C=O) groups is 2. The highest BCUT2D eigenvalue weighted by Gasteiger charge is 2.32. The molecule has 4 rings (SSSR count). The van der Waals surface area contributed by atoms with Gasteiger partial charge in [-0.2, -0.15) is 13.2 Å². The van der Waals surface area contributed by atoms with E-state index in [1.807, 2.05) is 47.4 Å². The monoisotopic (exact) mass is 497 g/mol. The number of halogens is 3. The normalized spacial score (nSPS) is 15.2. The van der Waals surface area contributed by atoms with Crippen molar-refractivity contribution in [3.63, 3.8) is 0 Å². The van der Waals surface area contributed by atoms with Gasteiger partial charge in [-0.1, -0.05) is 42.5 Å². The molecule has 0 saturated carbocycles. The third-order valence-corrected chi connectivity index (χ3v) is 6.07. The molecular formula is C27H26F3N3O3. The van der Waals surface area contributed by atoms with E-state index in [4.69, 9.17) is 4.74 Å². The lowest BCUT2D eigenvalue weighted by atomic mass is 10.0. The van der Waals surface area contributed by atoms with Gasteiger partial charge in [0.25, 0.3) is 5.91 Å². The smallest absolute Gasteiger partial charge is 0.379 e. The van der Waals surface area contributed by atoms with E-state index < -0.39 is 29.6 Å². The summed E-state index contributed by atoms with van der Waals surface area (Å²) >= 11 is 0. The van der Waals surface area contributed by atoms with Crippen LogP contribution in [0.25, 0.3) is 11.1 Å². The van der Waals surface area contributed by atoms with Gasteiger partial charge in [0, 0.05) is 18.8 Å². The Morgan fingerprint density at radius 1 is 0.889 bits per heavy atom. The van der Waals surface area contributed by atoms with Gasteiger partial charge in [0.1, 0.15) is 0 Å². The van der Waals surface area contributed by atoms with Gasteiger partial charge in [0.15, 0.2) is 0 Å². The first-order chi connectivity index (χ1) is 17.2. The molecule has 2 N–H and O–H groups in total. The van der Waals surface area contributed by atoms with Crippen LogP contribution in [-0.2, 0) is 15.7 Å². The molecule has 2 amide bonds. The number of nitrogens with zero attached hydrogens (tertiary/aromatic N) is 1. The van der Waals surface area contributed by atoms with E-state index in [9.17, 15) is 22.8 Å². The number of nitrogens with one attached hydrogen (secondary N) is 2. The van der Waals surface area contributed by atoms with Crippen LogP contribution in [0.5, 0.6) is 0 Å². The third-order valence-electron chi connectivity index (χ3n) is 6.07. The van der Waals surface area contributed by atoms with Gasteiger partial charge in [0.2, 0.25) is 5.91 Å². The minimum absolute atomic E-state index is 0.0716. The molecule has 3 aromatic carbocycles.